The Morgan fingerprint density at radius 1 is 0.767 bits per heavy atom. The van der Waals surface area contributed by atoms with Crippen LogP contribution in [0.2, 0.25) is 0 Å². The summed E-state index contributed by atoms with van der Waals surface area (Å²) in [5.41, 5.74) is 5.34. The van der Waals surface area contributed by atoms with Gasteiger partial charge in [0.25, 0.3) is 0 Å². The summed E-state index contributed by atoms with van der Waals surface area (Å²) in [4.78, 5) is 0. The summed E-state index contributed by atoms with van der Waals surface area (Å²) >= 11 is 0. The van der Waals surface area contributed by atoms with E-state index in [0.29, 0.717) is 6.61 Å². The van der Waals surface area contributed by atoms with Crippen LogP contribution in [0.15, 0.2) is 73.8 Å². The predicted molar refractivity (Wildman–Crippen MR) is 130 cm³/mol. The van der Waals surface area contributed by atoms with E-state index in [0.717, 1.165) is 31.3 Å². The van der Waals surface area contributed by atoms with E-state index >= 15 is 0 Å². The van der Waals surface area contributed by atoms with Gasteiger partial charge in [-0.15, -0.1) is 13.2 Å². The van der Waals surface area contributed by atoms with Crippen molar-refractivity contribution >= 4 is 0 Å². The Bertz CT molecular complexity index is 748. The van der Waals surface area contributed by atoms with Crippen LogP contribution in [0.5, 0.6) is 0 Å². The molecule has 0 radical (unpaired) electrons. The largest absolute Gasteiger partial charge is 0.377 e. The maximum Gasteiger partial charge on any atom is 0.0716 e. The molecular formula is C29H38O. The van der Waals surface area contributed by atoms with E-state index in [9.17, 15) is 0 Å². The number of hydrogen-bond acceptors (Lipinski definition) is 1. The molecule has 3 rings (SSSR count). The molecule has 0 spiro atoms. The quantitative estimate of drug-likeness (QED) is 0.255. The van der Waals surface area contributed by atoms with Crippen LogP contribution in [0.25, 0.3) is 11.1 Å². The zero-order chi connectivity index (χ0) is 21.0. The van der Waals surface area contributed by atoms with E-state index in [1.54, 1.807) is 0 Å². The molecule has 2 aromatic carbocycles. The van der Waals surface area contributed by atoms with Crippen molar-refractivity contribution in [2.24, 2.45) is 5.92 Å². The summed E-state index contributed by atoms with van der Waals surface area (Å²) < 4.78 is 5.73. The minimum absolute atomic E-state index is 0.687. The van der Waals surface area contributed by atoms with Crippen molar-refractivity contribution < 1.29 is 4.74 Å². The highest BCUT2D eigenvalue weighted by molar-refractivity contribution is 5.64. The normalized spacial score (nSPS) is 18.8. The second-order valence-electron chi connectivity index (χ2n) is 8.74. The van der Waals surface area contributed by atoms with Crippen LogP contribution in [0.1, 0.15) is 74.8 Å². The van der Waals surface area contributed by atoms with Gasteiger partial charge in [-0.2, -0.15) is 0 Å². The smallest absolute Gasteiger partial charge is 0.0716 e. The molecule has 1 heteroatoms. The summed E-state index contributed by atoms with van der Waals surface area (Å²) in [7, 11) is 0. The predicted octanol–water partition coefficient (Wildman–Crippen LogP) is 8.47. The molecule has 1 saturated carbocycles. The Morgan fingerprint density at radius 3 is 2.00 bits per heavy atom. The Labute approximate surface area is 183 Å². The van der Waals surface area contributed by atoms with Crippen molar-refractivity contribution in [1.82, 2.24) is 0 Å². The topological polar surface area (TPSA) is 9.23 Å². The van der Waals surface area contributed by atoms with Gasteiger partial charge in [0.05, 0.1) is 6.61 Å². The third-order valence-corrected chi connectivity index (χ3v) is 6.50. The summed E-state index contributed by atoms with van der Waals surface area (Å²) in [6, 6.07) is 18.1. The van der Waals surface area contributed by atoms with E-state index < -0.39 is 0 Å². The van der Waals surface area contributed by atoms with Crippen molar-refractivity contribution in [2.45, 2.75) is 70.3 Å². The van der Waals surface area contributed by atoms with Crippen molar-refractivity contribution in [3.05, 3.63) is 85.0 Å². The lowest BCUT2D eigenvalue weighted by molar-refractivity contribution is 0.119. The molecule has 0 saturated heterocycles. The molecule has 0 bridgehead atoms. The van der Waals surface area contributed by atoms with Crippen molar-refractivity contribution in [3.63, 3.8) is 0 Å². The molecule has 1 aliphatic carbocycles. The van der Waals surface area contributed by atoms with Crippen LogP contribution in [-0.4, -0.2) is 6.61 Å². The van der Waals surface area contributed by atoms with Crippen LogP contribution in [0.3, 0.4) is 0 Å². The highest BCUT2D eigenvalue weighted by Gasteiger charge is 2.21. The van der Waals surface area contributed by atoms with Gasteiger partial charge in [0.2, 0.25) is 0 Å². The first-order valence-electron chi connectivity index (χ1n) is 11.8. The average molecular weight is 403 g/mol. The number of ether oxygens (including phenoxy) is 1. The first-order valence-corrected chi connectivity index (χ1v) is 11.8. The van der Waals surface area contributed by atoms with Gasteiger partial charge in [0, 0.05) is 6.61 Å². The van der Waals surface area contributed by atoms with Gasteiger partial charge in [-0.05, 0) is 85.5 Å². The molecule has 0 unspecified atom stereocenters. The molecule has 1 aliphatic rings. The van der Waals surface area contributed by atoms with E-state index in [1.807, 2.05) is 6.08 Å². The van der Waals surface area contributed by atoms with Gasteiger partial charge in [0.1, 0.15) is 0 Å². The van der Waals surface area contributed by atoms with Gasteiger partial charge in [0.15, 0.2) is 0 Å². The molecule has 1 nitrogen and oxygen atoms in total. The molecule has 30 heavy (non-hydrogen) atoms. The van der Waals surface area contributed by atoms with Gasteiger partial charge in [-0.1, -0.05) is 67.1 Å². The maximum absolute atomic E-state index is 5.73. The maximum atomic E-state index is 5.73. The molecule has 0 N–H and O–H groups in total. The first-order chi connectivity index (χ1) is 14.8. The highest BCUT2D eigenvalue weighted by Crippen LogP contribution is 2.38. The van der Waals surface area contributed by atoms with Crippen LogP contribution in [0.4, 0.5) is 0 Å². The Balaban J connectivity index is 1.47. The monoisotopic (exact) mass is 402 g/mol. The first kappa shape index (κ1) is 22.6. The van der Waals surface area contributed by atoms with E-state index in [4.69, 9.17) is 4.74 Å². The van der Waals surface area contributed by atoms with Crippen molar-refractivity contribution in [2.75, 3.05) is 6.61 Å². The second kappa shape index (κ2) is 12.5. The molecule has 0 atom stereocenters. The summed E-state index contributed by atoms with van der Waals surface area (Å²) in [6.07, 6.45) is 15.4. The lowest BCUT2D eigenvalue weighted by atomic mass is 9.77. The van der Waals surface area contributed by atoms with Gasteiger partial charge < -0.3 is 4.74 Å². The van der Waals surface area contributed by atoms with E-state index in [2.05, 4.69) is 67.8 Å². The van der Waals surface area contributed by atoms with Crippen LogP contribution < -0.4 is 0 Å². The molecule has 160 valence electrons. The van der Waals surface area contributed by atoms with Crippen LogP contribution >= 0.6 is 0 Å². The zero-order valence-electron chi connectivity index (χ0n) is 18.5. The number of benzene rings is 2. The average Bonchev–Trinajstić information content (AvgIpc) is 2.80. The number of allylic oxidation sites excluding steroid dienone is 2. The fourth-order valence-electron chi connectivity index (χ4n) is 4.60. The number of unbranched alkanes of at least 4 members (excludes halogenated alkanes) is 2. The Hall–Kier alpha value is -2.12. The second-order valence-corrected chi connectivity index (χ2v) is 8.74. The molecule has 0 heterocycles. The molecule has 1 fully saturated rings. The van der Waals surface area contributed by atoms with E-state index in [1.165, 1.54) is 67.2 Å². The molecule has 0 amide bonds. The fourth-order valence-corrected chi connectivity index (χ4v) is 4.60. The van der Waals surface area contributed by atoms with Gasteiger partial charge in [-0.3, -0.25) is 0 Å². The van der Waals surface area contributed by atoms with Gasteiger partial charge >= 0.3 is 0 Å². The summed E-state index contributed by atoms with van der Waals surface area (Å²) in [6.45, 7) is 9.07. The minimum atomic E-state index is 0.687. The van der Waals surface area contributed by atoms with Crippen molar-refractivity contribution in [3.8, 4) is 11.1 Å². The third kappa shape index (κ3) is 6.99. The lowest BCUT2D eigenvalue weighted by Crippen LogP contribution is -2.13. The van der Waals surface area contributed by atoms with Crippen LogP contribution in [-0.2, 0) is 11.3 Å². The third-order valence-electron chi connectivity index (χ3n) is 6.50. The Kier molecular flexibility index (Phi) is 9.44. The minimum Gasteiger partial charge on any atom is -0.377 e. The lowest BCUT2D eigenvalue weighted by Gasteiger charge is -2.29. The summed E-state index contributed by atoms with van der Waals surface area (Å²) in [5, 5.41) is 0. The standard InChI is InChI=1S/C29H38O/c1-3-5-7-9-24-10-14-26(15-11-24)28-18-20-29(21-19-28)27-16-12-25(13-17-27)23-30-22-8-6-4-2/h3-4,12-13,16-21,24,26H,1-2,5-11,14-15,22-23H2. The number of rotatable bonds is 12. The molecule has 0 aliphatic heterocycles. The van der Waals surface area contributed by atoms with Gasteiger partial charge in [-0.25, -0.2) is 0 Å². The van der Waals surface area contributed by atoms with Crippen LogP contribution in [0, 0.1) is 5.92 Å². The van der Waals surface area contributed by atoms with E-state index in [-0.39, 0.29) is 0 Å². The zero-order valence-corrected chi connectivity index (χ0v) is 18.5. The summed E-state index contributed by atoms with van der Waals surface area (Å²) in [5.74, 6) is 1.68. The molecule has 0 aromatic heterocycles. The SMILES string of the molecule is C=CCCCOCc1ccc(-c2ccc(C3CCC(CCCC=C)CC3)cc2)cc1. The fraction of sp³-hybridized carbons (Fsp3) is 0.448. The number of hydrogen-bond donors (Lipinski definition) is 0. The molecular weight excluding hydrogens is 364 g/mol. The Morgan fingerprint density at radius 2 is 1.37 bits per heavy atom. The van der Waals surface area contributed by atoms with Crippen molar-refractivity contribution in [1.29, 1.82) is 0 Å². The highest BCUT2D eigenvalue weighted by atomic mass is 16.5. The molecule has 2 aromatic rings.